The third-order valence-corrected chi connectivity index (χ3v) is 7.67. The maximum Gasteiger partial charge on any atom is 0.291 e. The van der Waals surface area contributed by atoms with Gasteiger partial charge in [0, 0.05) is 17.3 Å². The number of thiazole rings is 1. The standard InChI is InChI=1S/C33H29N5O3S/c1-4-18-41-27-15-16-28(22(2)19-27)31-24(21-37(36-31)25-8-6-5-7-9-25)20-29-32(39)38-33(42-29)34-30(35-38)17-12-23-10-13-26(40-3)14-11-23/h5-17,19-21H,4,18H2,1-3H3/b17-12+,29-20-. The monoisotopic (exact) mass is 575 g/mol. The summed E-state index contributed by atoms with van der Waals surface area (Å²) in [7, 11) is 1.64. The minimum Gasteiger partial charge on any atom is -0.497 e. The van der Waals surface area contributed by atoms with Crippen molar-refractivity contribution in [1.29, 1.82) is 0 Å². The van der Waals surface area contributed by atoms with Crippen molar-refractivity contribution in [3.05, 3.63) is 116 Å². The Morgan fingerprint density at radius 2 is 1.74 bits per heavy atom. The number of aromatic nitrogens is 5. The van der Waals surface area contributed by atoms with Crippen LogP contribution >= 0.6 is 11.3 Å². The maximum atomic E-state index is 13.4. The van der Waals surface area contributed by atoms with Crippen LogP contribution in [0.2, 0.25) is 0 Å². The van der Waals surface area contributed by atoms with Gasteiger partial charge in [-0.2, -0.15) is 14.6 Å². The molecule has 0 radical (unpaired) electrons. The molecule has 0 saturated heterocycles. The van der Waals surface area contributed by atoms with Crippen LogP contribution in [0.3, 0.4) is 0 Å². The summed E-state index contributed by atoms with van der Waals surface area (Å²) in [5.74, 6) is 2.09. The summed E-state index contributed by atoms with van der Waals surface area (Å²) in [4.78, 5) is 18.5. The van der Waals surface area contributed by atoms with Crippen LogP contribution in [0.25, 0.3) is 40.1 Å². The van der Waals surface area contributed by atoms with E-state index in [0.717, 1.165) is 51.6 Å². The lowest BCUT2D eigenvalue weighted by Gasteiger charge is -2.09. The number of fused-ring (bicyclic) bond motifs is 1. The molecule has 8 nitrogen and oxygen atoms in total. The second-order valence-corrected chi connectivity index (χ2v) is 10.7. The summed E-state index contributed by atoms with van der Waals surface area (Å²) in [5.41, 5.74) is 5.30. The normalized spacial score (nSPS) is 12.0. The van der Waals surface area contributed by atoms with E-state index in [-0.39, 0.29) is 5.56 Å². The highest BCUT2D eigenvalue weighted by Crippen LogP contribution is 2.30. The first kappa shape index (κ1) is 27.2. The summed E-state index contributed by atoms with van der Waals surface area (Å²) < 4.78 is 14.8. The van der Waals surface area contributed by atoms with Crippen LogP contribution < -0.4 is 19.6 Å². The fourth-order valence-corrected chi connectivity index (χ4v) is 5.48. The zero-order chi connectivity index (χ0) is 29.1. The van der Waals surface area contributed by atoms with Gasteiger partial charge in [-0.3, -0.25) is 4.79 Å². The van der Waals surface area contributed by atoms with Gasteiger partial charge in [0.1, 0.15) is 17.2 Å². The molecule has 6 rings (SSSR count). The van der Waals surface area contributed by atoms with Crippen molar-refractivity contribution in [3.63, 3.8) is 0 Å². The Labute approximate surface area is 246 Å². The molecule has 210 valence electrons. The highest BCUT2D eigenvalue weighted by molar-refractivity contribution is 7.15. The first-order valence-corrected chi connectivity index (χ1v) is 14.5. The number of para-hydroxylation sites is 1. The molecule has 6 aromatic rings. The largest absolute Gasteiger partial charge is 0.497 e. The van der Waals surface area contributed by atoms with Gasteiger partial charge < -0.3 is 9.47 Å². The number of nitrogens with zero attached hydrogens (tertiary/aromatic N) is 5. The van der Waals surface area contributed by atoms with E-state index in [2.05, 4.69) is 17.0 Å². The molecular weight excluding hydrogens is 546 g/mol. The van der Waals surface area contributed by atoms with Gasteiger partial charge in [0.05, 0.1) is 23.9 Å². The van der Waals surface area contributed by atoms with Gasteiger partial charge >= 0.3 is 0 Å². The molecule has 0 atom stereocenters. The highest BCUT2D eigenvalue weighted by Gasteiger charge is 2.16. The zero-order valence-electron chi connectivity index (χ0n) is 23.5. The van der Waals surface area contributed by atoms with Crippen LogP contribution in [-0.4, -0.2) is 38.1 Å². The molecule has 0 aliphatic heterocycles. The minimum absolute atomic E-state index is 0.218. The van der Waals surface area contributed by atoms with Gasteiger partial charge in [-0.1, -0.05) is 54.7 Å². The summed E-state index contributed by atoms with van der Waals surface area (Å²) in [5, 5.41) is 9.38. The quantitative estimate of drug-likeness (QED) is 0.216. The fourth-order valence-electron chi connectivity index (χ4n) is 4.57. The average molecular weight is 576 g/mol. The van der Waals surface area contributed by atoms with E-state index in [1.165, 1.54) is 15.9 Å². The molecule has 0 fully saturated rings. The Hall–Kier alpha value is -5.02. The Balaban J connectivity index is 1.38. The Bertz CT molecular complexity index is 1990. The summed E-state index contributed by atoms with van der Waals surface area (Å²) in [6.07, 6.45) is 8.46. The third-order valence-electron chi connectivity index (χ3n) is 6.71. The Morgan fingerprint density at radius 3 is 2.45 bits per heavy atom. The molecule has 3 aromatic carbocycles. The molecule has 0 unspecified atom stereocenters. The van der Waals surface area contributed by atoms with Crippen LogP contribution in [0, 0.1) is 6.92 Å². The van der Waals surface area contributed by atoms with Gasteiger partial charge in [0.15, 0.2) is 5.82 Å². The second-order valence-electron chi connectivity index (χ2n) is 9.73. The number of methoxy groups -OCH3 is 1. The van der Waals surface area contributed by atoms with E-state index in [4.69, 9.17) is 14.6 Å². The van der Waals surface area contributed by atoms with Crippen LogP contribution in [0.15, 0.2) is 83.8 Å². The number of ether oxygens (including phenoxy) is 2. The van der Waals surface area contributed by atoms with Crippen molar-refractivity contribution >= 4 is 34.5 Å². The lowest BCUT2D eigenvalue weighted by molar-refractivity contribution is 0.317. The summed E-state index contributed by atoms with van der Waals surface area (Å²) in [6.45, 7) is 4.80. The van der Waals surface area contributed by atoms with Crippen molar-refractivity contribution < 1.29 is 9.47 Å². The third kappa shape index (κ3) is 5.59. The van der Waals surface area contributed by atoms with E-state index >= 15 is 0 Å². The number of aryl methyl sites for hydroxylation is 1. The summed E-state index contributed by atoms with van der Waals surface area (Å²) >= 11 is 1.30. The lowest BCUT2D eigenvalue weighted by atomic mass is 10.0. The van der Waals surface area contributed by atoms with Crippen molar-refractivity contribution in [2.24, 2.45) is 0 Å². The summed E-state index contributed by atoms with van der Waals surface area (Å²) in [6, 6.07) is 23.6. The second kappa shape index (κ2) is 11.8. The van der Waals surface area contributed by atoms with Crippen molar-refractivity contribution in [1.82, 2.24) is 24.4 Å². The number of rotatable bonds is 9. The van der Waals surface area contributed by atoms with Gasteiger partial charge in [-0.25, -0.2) is 4.68 Å². The highest BCUT2D eigenvalue weighted by atomic mass is 32.1. The van der Waals surface area contributed by atoms with E-state index in [0.29, 0.717) is 21.9 Å². The lowest BCUT2D eigenvalue weighted by Crippen LogP contribution is -2.23. The maximum absolute atomic E-state index is 13.4. The molecule has 3 aromatic heterocycles. The number of hydrogen-bond acceptors (Lipinski definition) is 7. The molecule has 0 spiro atoms. The van der Waals surface area contributed by atoms with Crippen molar-refractivity contribution in [2.45, 2.75) is 20.3 Å². The molecule has 0 aliphatic rings. The fraction of sp³-hybridized carbons (Fsp3) is 0.152. The molecule has 0 amide bonds. The van der Waals surface area contributed by atoms with Crippen LogP contribution in [0.4, 0.5) is 0 Å². The molecule has 9 heteroatoms. The smallest absolute Gasteiger partial charge is 0.291 e. The predicted octanol–water partition coefficient (Wildman–Crippen LogP) is 5.83. The van der Waals surface area contributed by atoms with E-state index in [1.807, 2.05) is 103 Å². The van der Waals surface area contributed by atoms with Crippen molar-refractivity contribution in [3.8, 4) is 28.4 Å². The first-order chi connectivity index (χ1) is 20.5. The van der Waals surface area contributed by atoms with Gasteiger partial charge in [-0.15, -0.1) is 5.10 Å². The zero-order valence-corrected chi connectivity index (χ0v) is 24.3. The Kier molecular flexibility index (Phi) is 7.66. The average Bonchev–Trinajstić information content (AvgIpc) is 3.70. The SMILES string of the molecule is CCCOc1ccc(-c2nn(-c3ccccc3)cc2/C=c2\sc3nc(/C=C/c4ccc(OC)cc4)nn3c2=O)c(C)c1. The molecule has 0 bridgehead atoms. The molecule has 0 aliphatic carbocycles. The number of benzene rings is 3. The van der Waals surface area contributed by atoms with E-state index in [9.17, 15) is 4.79 Å². The van der Waals surface area contributed by atoms with E-state index < -0.39 is 0 Å². The van der Waals surface area contributed by atoms with Crippen LogP contribution in [-0.2, 0) is 0 Å². The topological polar surface area (TPSA) is 83.5 Å². The minimum atomic E-state index is -0.218. The van der Waals surface area contributed by atoms with Gasteiger partial charge in [0.2, 0.25) is 4.96 Å². The molecule has 42 heavy (non-hydrogen) atoms. The number of hydrogen-bond donors (Lipinski definition) is 0. The van der Waals surface area contributed by atoms with Crippen molar-refractivity contribution in [2.75, 3.05) is 13.7 Å². The molecule has 0 saturated carbocycles. The van der Waals surface area contributed by atoms with Gasteiger partial charge in [0.25, 0.3) is 5.56 Å². The first-order valence-electron chi connectivity index (χ1n) is 13.6. The molecule has 3 heterocycles. The Morgan fingerprint density at radius 1 is 0.952 bits per heavy atom. The molecule has 0 N–H and O–H groups in total. The van der Waals surface area contributed by atoms with Crippen LogP contribution in [0.5, 0.6) is 11.5 Å². The molecular formula is C33H29N5O3S. The van der Waals surface area contributed by atoms with Crippen LogP contribution in [0.1, 0.15) is 35.9 Å². The van der Waals surface area contributed by atoms with Gasteiger partial charge in [-0.05, 0) is 79.1 Å². The predicted molar refractivity (Wildman–Crippen MR) is 167 cm³/mol. The van der Waals surface area contributed by atoms with E-state index in [1.54, 1.807) is 13.2 Å².